The van der Waals surface area contributed by atoms with Gasteiger partial charge in [-0.1, -0.05) is 0 Å². The number of anilines is 1. The molecule has 1 aliphatic heterocycles. The van der Waals surface area contributed by atoms with E-state index < -0.39 is 11.5 Å². The zero-order valence-corrected chi connectivity index (χ0v) is 15.3. The highest BCUT2D eigenvalue weighted by Crippen LogP contribution is 2.27. The molecule has 1 saturated heterocycles. The molecule has 1 atom stereocenters. The lowest BCUT2D eigenvalue weighted by atomic mass is 10.1. The van der Waals surface area contributed by atoms with E-state index in [9.17, 15) is 9.59 Å². The summed E-state index contributed by atoms with van der Waals surface area (Å²) >= 11 is 0. The molecule has 0 bridgehead atoms. The summed E-state index contributed by atoms with van der Waals surface area (Å²) in [5.41, 5.74) is 6.61. The zero-order valence-electron chi connectivity index (χ0n) is 15.3. The van der Waals surface area contributed by atoms with Gasteiger partial charge in [-0.25, -0.2) is 9.78 Å². The van der Waals surface area contributed by atoms with E-state index in [2.05, 4.69) is 15.3 Å². The number of aromatic amines is 1. The Balaban J connectivity index is 1.77. The van der Waals surface area contributed by atoms with Gasteiger partial charge in [-0.05, 0) is 39.7 Å². The predicted molar refractivity (Wildman–Crippen MR) is 99.1 cm³/mol. The monoisotopic (exact) mass is 359 g/mol. The van der Waals surface area contributed by atoms with Crippen LogP contribution in [0, 0.1) is 0 Å². The molecule has 0 aromatic carbocycles. The van der Waals surface area contributed by atoms with Crippen molar-refractivity contribution in [2.75, 3.05) is 18.4 Å². The lowest BCUT2D eigenvalue weighted by Crippen LogP contribution is -2.42. The summed E-state index contributed by atoms with van der Waals surface area (Å²) in [4.78, 5) is 33.1. The van der Waals surface area contributed by atoms with Crippen LogP contribution in [0.1, 0.15) is 44.0 Å². The third kappa shape index (κ3) is 3.74. The lowest BCUT2D eigenvalue weighted by molar-refractivity contribution is 0.0235. The van der Waals surface area contributed by atoms with E-state index in [-0.39, 0.29) is 12.1 Å². The zero-order chi connectivity index (χ0) is 18.9. The molecule has 0 radical (unpaired) electrons. The van der Waals surface area contributed by atoms with Gasteiger partial charge in [0.05, 0.1) is 17.3 Å². The number of aromatic nitrogens is 2. The van der Waals surface area contributed by atoms with Crippen LogP contribution < -0.4 is 11.1 Å². The molecule has 0 unspecified atom stereocenters. The first-order chi connectivity index (χ1) is 12.3. The molecule has 140 valence electrons. The number of nitrogens with zero attached hydrogens (tertiary/aromatic N) is 2. The highest BCUT2D eigenvalue weighted by molar-refractivity contribution is 6.05. The Morgan fingerprint density at radius 1 is 1.46 bits per heavy atom. The number of hydrogen-bond donors (Lipinski definition) is 3. The van der Waals surface area contributed by atoms with Crippen LogP contribution >= 0.6 is 0 Å². The highest BCUT2D eigenvalue weighted by Gasteiger charge is 2.32. The van der Waals surface area contributed by atoms with Crippen LogP contribution in [0.25, 0.3) is 11.0 Å². The van der Waals surface area contributed by atoms with Crippen molar-refractivity contribution in [3.05, 3.63) is 24.0 Å². The minimum absolute atomic E-state index is 0.00673. The maximum Gasteiger partial charge on any atom is 0.410 e. The van der Waals surface area contributed by atoms with Crippen LogP contribution in [-0.4, -0.2) is 51.6 Å². The summed E-state index contributed by atoms with van der Waals surface area (Å²) < 4.78 is 5.49. The number of H-pyrrole nitrogens is 1. The maximum atomic E-state index is 12.4. The molecule has 1 aliphatic rings. The average molecular weight is 359 g/mol. The number of primary amides is 1. The fourth-order valence-corrected chi connectivity index (χ4v) is 3.21. The summed E-state index contributed by atoms with van der Waals surface area (Å²) in [5.74, 6) is -0.543. The molecule has 3 rings (SSSR count). The third-order valence-corrected chi connectivity index (χ3v) is 4.37. The molecule has 1 fully saturated rings. The second-order valence-electron chi connectivity index (χ2n) is 7.50. The summed E-state index contributed by atoms with van der Waals surface area (Å²) in [6.07, 6.45) is 4.71. The largest absolute Gasteiger partial charge is 0.444 e. The molecule has 8 heteroatoms. The third-order valence-electron chi connectivity index (χ3n) is 4.37. The van der Waals surface area contributed by atoms with E-state index in [1.807, 2.05) is 26.8 Å². The minimum Gasteiger partial charge on any atom is -0.444 e. The van der Waals surface area contributed by atoms with Gasteiger partial charge in [0.1, 0.15) is 11.2 Å². The number of amides is 2. The van der Waals surface area contributed by atoms with Crippen molar-refractivity contribution >= 4 is 28.7 Å². The molecule has 8 nitrogen and oxygen atoms in total. The number of hydrogen-bond acceptors (Lipinski definition) is 5. The summed E-state index contributed by atoms with van der Waals surface area (Å²) in [7, 11) is 0. The molecule has 0 aliphatic carbocycles. The van der Waals surface area contributed by atoms with Gasteiger partial charge in [0, 0.05) is 30.9 Å². The minimum atomic E-state index is -0.543. The number of rotatable bonds is 4. The van der Waals surface area contributed by atoms with Crippen molar-refractivity contribution in [3.63, 3.8) is 0 Å². The number of fused-ring (bicyclic) bond motifs is 1. The molecule has 26 heavy (non-hydrogen) atoms. The van der Waals surface area contributed by atoms with Crippen LogP contribution in [0.3, 0.4) is 0 Å². The SMILES string of the molecule is CC(C)(C)OC(=O)N1CCC[C@@H]1CNc1c(C(N)=O)cnc2[nH]ccc12. The summed E-state index contributed by atoms with van der Waals surface area (Å²) in [6, 6.07) is 1.84. The fraction of sp³-hybridized carbons (Fsp3) is 0.500. The van der Waals surface area contributed by atoms with E-state index in [0.717, 1.165) is 18.2 Å². The number of carbonyl (C=O) groups is 2. The summed E-state index contributed by atoms with van der Waals surface area (Å²) in [6.45, 7) is 6.73. The van der Waals surface area contributed by atoms with E-state index >= 15 is 0 Å². The first-order valence-electron chi connectivity index (χ1n) is 8.75. The normalized spacial score (nSPS) is 17.5. The number of ether oxygens (including phenoxy) is 1. The number of nitrogens with two attached hydrogens (primary N) is 1. The van der Waals surface area contributed by atoms with Gasteiger partial charge < -0.3 is 25.7 Å². The molecule has 3 heterocycles. The van der Waals surface area contributed by atoms with Gasteiger partial charge in [0.15, 0.2) is 0 Å². The predicted octanol–water partition coefficient (Wildman–Crippen LogP) is 2.47. The lowest BCUT2D eigenvalue weighted by Gasteiger charge is -2.29. The molecule has 0 saturated carbocycles. The van der Waals surface area contributed by atoms with Crippen LogP contribution in [0.2, 0.25) is 0 Å². The average Bonchev–Trinajstić information content (AvgIpc) is 3.19. The highest BCUT2D eigenvalue weighted by atomic mass is 16.6. The Bertz CT molecular complexity index is 824. The molecule has 2 aromatic rings. The molecule has 2 aromatic heterocycles. The van der Waals surface area contributed by atoms with Crippen molar-refractivity contribution < 1.29 is 14.3 Å². The quantitative estimate of drug-likeness (QED) is 0.776. The van der Waals surface area contributed by atoms with Gasteiger partial charge in [-0.15, -0.1) is 0 Å². The number of pyridine rings is 1. The first-order valence-corrected chi connectivity index (χ1v) is 8.75. The summed E-state index contributed by atoms with van der Waals surface area (Å²) in [5, 5.41) is 4.10. The Labute approximate surface area is 152 Å². The molecule has 2 amide bonds. The van der Waals surface area contributed by atoms with E-state index in [4.69, 9.17) is 10.5 Å². The first kappa shape index (κ1) is 18.0. The fourth-order valence-electron chi connectivity index (χ4n) is 3.21. The van der Waals surface area contributed by atoms with E-state index in [1.54, 1.807) is 11.1 Å². The van der Waals surface area contributed by atoms with Crippen LogP contribution in [0.5, 0.6) is 0 Å². The Morgan fingerprint density at radius 2 is 2.23 bits per heavy atom. The van der Waals surface area contributed by atoms with Crippen molar-refractivity contribution in [1.29, 1.82) is 0 Å². The Morgan fingerprint density at radius 3 is 2.92 bits per heavy atom. The second kappa shape index (κ2) is 6.86. The number of likely N-dealkylation sites (tertiary alicyclic amines) is 1. The van der Waals surface area contributed by atoms with Crippen molar-refractivity contribution in [3.8, 4) is 0 Å². The van der Waals surface area contributed by atoms with Gasteiger partial charge in [-0.3, -0.25) is 4.79 Å². The molecular weight excluding hydrogens is 334 g/mol. The molecular formula is C18H25N5O3. The maximum absolute atomic E-state index is 12.4. The van der Waals surface area contributed by atoms with Crippen LogP contribution in [0.4, 0.5) is 10.5 Å². The van der Waals surface area contributed by atoms with Crippen molar-refractivity contribution in [2.24, 2.45) is 5.73 Å². The standard InChI is InChI=1S/C18H25N5O3/c1-18(2,3)26-17(25)23-8-4-5-11(23)9-21-14-12-6-7-20-16(12)22-10-13(14)15(19)24/h6-7,10-11H,4-5,8-9H2,1-3H3,(H2,19,24)(H2,20,21,22)/t11-/m1/s1. The topological polar surface area (TPSA) is 113 Å². The van der Waals surface area contributed by atoms with Gasteiger partial charge >= 0.3 is 6.09 Å². The number of nitrogens with one attached hydrogen (secondary N) is 2. The van der Waals surface area contributed by atoms with E-state index in [1.165, 1.54) is 6.20 Å². The molecule has 0 spiro atoms. The van der Waals surface area contributed by atoms with Gasteiger partial charge in [0.25, 0.3) is 5.91 Å². The van der Waals surface area contributed by atoms with E-state index in [0.29, 0.717) is 30.0 Å². The van der Waals surface area contributed by atoms with Gasteiger partial charge in [-0.2, -0.15) is 0 Å². The Hall–Kier alpha value is -2.77. The van der Waals surface area contributed by atoms with Crippen molar-refractivity contribution in [1.82, 2.24) is 14.9 Å². The van der Waals surface area contributed by atoms with Gasteiger partial charge in [0.2, 0.25) is 0 Å². The Kier molecular flexibility index (Phi) is 4.76. The van der Waals surface area contributed by atoms with Crippen molar-refractivity contribution in [2.45, 2.75) is 45.3 Å². The smallest absolute Gasteiger partial charge is 0.410 e. The van der Waals surface area contributed by atoms with Crippen LogP contribution in [0.15, 0.2) is 18.5 Å². The second-order valence-corrected chi connectivity index (χ2v) is 7.50. The van der Waals surface area contributed by atoms with Crippen LogP contribution in [-0.2, 0) is 4.74 Å². The molecule has 4 N–H and O–H groups in total. The number of carbonyl (C=O) groups excluding carboxylic acids is 2.